The summed E-state index contributed by atoms with van der Waals surface area (Å²) in [6.45, 7) is 4.67. The van der Waals surface area contributed by atoms with Gasteiger partial charge in [-0.05, 0) is 51.7 Å². The molecule has 0 aromatic rings. The quantitative estimate of drug-likeness (QED) is 0.609. The minimum atomic E-state index is 0.817. The van der Waals surface area contributed by atoms with Crippen LogP contribution >= 0.6 is 0 Å². The van der Waals surface area contributed by atoms with Crippen LogP contribution in [-0.2, 0) is 0 Å². The maximum Gasteiger partial charge on any atom is 0.00697 e. The van der Waals surface area contributed by atoms with Gasteiger partial charge in [-0.15, -0.1) is 0 Å². The van der Waals surface area contributed by atoms with Gasteiger partial charge < -0.3 is 10.6 Å². The van der Waals surface area contributed by atoms with Crippen LogP contribution in [0.5, 0.6) is 0 Å². The van der Waals surface area contributed by atoms with Gasteiger partial charge in [0.1, 0.15) is 0 Å². The van der Waals surface area contributed by atoms with E-state index in [9.17, 15) is 0 Å². The zero-order valence-electron chi connectivity index (χ0n) is 8.40. The van der Waals surface area contributed by atoms with Crippen molar-refractivity contribution in [2.45, 2.75) is 38.6 Å². The molecule has 0 bridgehead atoms. The summed E-state index contributed by atoms with van der Waals surface area (Å²) < 4.78 is 0. The van der Waals surface area contributed by atoms with Crippen molar-refractivity contribution in [1.82, 2.24) is 10.6 Å². The van der Waals surface area contributed by atoms with Gasteiger partial charge in [-0.1, -0.05) is 6.92 Å². The van der Waals surface area contributed by atoms with Gasteiger partial charge in [0, 0.05) is 6.04 Å². The second-order valence-electron chi connectivity index (χ2n) is 4.03. The lowest BCUT2D eigenvalue weighted by molar-refractivity contribution is 0.493. The molecule has 2 heteroatoms. The van der Waals surface area contributed by atoms with Crippen molar-refractivity contribution in [1.29, 1.82) is 0 Å². The molecule has 0 spiro atoms. The maximum atomic E-state index is 3.61. The van der Waals surface area contributed by atoms with Crippen LogP contribution in [0, 0.1) is 5.92 Å². The third kappa shape index (κ3) is 3.55. The van der Waals surface area contributed by atoms with Crippen molar-refractivity contribution in [2.24, 2.45) is 5.92 Å². The average molecular weight is 170 g/mol. The summed E-state index contributed by atoms with van der Waals surface area (Å²) in [5.41, 5.74) is 0. The van der Waals surface area contributed by atoms with Crippen LogP contribution in [0.15, 0.2) is 0 Å². The van der Waals surface area contributed by atoms with Crippen molar-refractivity contribution in [3.63, 3.8) is 0 Å². The van der Waals surface area contributed by atoms with E-state index in [-0.39, 0.29) is 0 Å². The Morgan fingerprint density at radius 2 is 2.08 bits per heavy atom. The van der Waals surface area contributed by atoms with E-state index in [0.29, 0.717) is 0 Å². The summed E-state index contributed by atoms with van der Waals surface area (Å²) in [5.74, 6) is 0.951. The highest BCUT2D eigenvalue weighted by Crippen LogP contribution is 2.24. The largest absolute Gasteiger partial charge is 0.320 e. The van der Waals surface area contributed by atoms with E-state index in [0.717, 1.165) is 18.5 Å². The fraction of sp³-hybridized carbons (Fsp3) is 1.00. The highest BCUT2D eigenvalue weighted by molar-refractivity contribution is 4.77. The van der Waals surface area contributed by atoms with E-state index in [1.54, 1.807) is 0 Å². The van der Waals surface area contributed by atoms with E-state index in [2.05, 4.69) is 17.6 Å². The Kier molecular flexibility index (Phi) is 4.62. The zero-order chi connectivity index (χ0) is 8.81. The molecule has 0 saturated heterocycles. The molecule has 1 aliphatic carbocycles. The van der Waals surface area contributed by atoms with E-state index in [1.807, 2.05) is 7.05 Å². The predicted molar refractivity (Wildman–Crippen MR) is 53.3 cm³/mol. The molecule has 2 nitrogen and oxygen atoms in total. The van der Waals surface area contributed by atoms with Crippen molar-refractivity contribution in [3.8, 4) is 0 Å². The van der Waals surface area contributed by atoms with Crippen molar-refractivity contribution >= 4 is 0 Å². The lowest BCUT2D eigenvalue weighted by Crippen LogP contribution is -2.28. The van der Waals surface area contributed by atoms with Crippen molar-refractivity contribution in [2.75, 3.05) is 20.1 Å². The first kappa shape index (κ1) is 10.0. The molecular formula is C10H22N2. The zero-order valence-corrected chi connectivity index (χ0v) is 8.40. The van der Waals surface area contributed by atoms with Crippen LogP contribution < -0.4 is 10.6 Å². The molecule has 72 valence electrons. The van der Waals surface area contributed by atoms with Gasteiger partial charge in [-0.2, -0.15) is 0 Å². The van der Waals surface area contributed by atoms with Gasteiger partial charge >= 0.3 is 0 Å². The molecule has 0 amide bonds. The molecule has 12 heavy (non-hydrogen) atoms. The first-order valence-electron chi connectivity index (χ1n) is 5.21. The molecule has 2 atom stereocenters. The topological polar surface area (TPSA) is 24.1 Å². The van der Waals surface area contributed by atoms with Gasteiger partial charge in [-0.3, -0.25) is 0 Å². The maximum absolute atomic E-state index is 3.61. The Hall–Kier alpha value is -0.0800. The Morgan fingerprint density at radius 3 is 2.67 bits per heavy atom. The minimum Gasteiger partial charge on any atom is -0.320 e. The van der Waals surface area contributed by atoms with E-state index >= 15 is 0 Å². The second kappa shape index (κ2) is 5.55. The first-order chi connectivity index (χ1) is 5.83. The van der Waals surface area contributed by atoms with Gasteiger partial charge in [0.2, 0.25) is 0 Å². The summed E-state index contributed by atoms with van der Waals surface area (Å²) in [6, 6.07) is 0.817. The lowest BCUT2D eigenvalue weighted by atomic mass is 10.1. The average Bonchev–Trinajstić information content (AvgIpc) is 2.45. The van der Waals surface area contributed by atoms with Crippen LogP contribution in [-0.4, -0.2) is 26.2 Å². The van der Waals surface area contributed by atoms with Gasteiger partial charge in [0.15, 0.2) is 0 Å². The lowest BCUT2D eigenvalue weighted by Gasteiger charge is -2.11. The molecule has 0 radical (unpaired) electrons. The highest BCUT2D eigenvalue weighted by Gasteiger charge is 2.19. The predicted octanol–water partition coefficient (Wildman–Crippen LogP) is 1.37. The third-order valence-corrected chi connectivity index (χ3v) is 2.73. The second-order valence-corrected chi connectivity index (χ2v) is 4.03. The van der Waals surface area contributed by atoms with Crippen LogP contribution in [0.25, 0.3) is 0 Å². The van der Waals surface area contributed by atoms with Crippen molar-refractivity contribution < 1.29 is 0 Å². The summed E-state index contributed by atoms with van der Waals surface area (Å²) in [4.78, 5) is 0. The molecule has 1 aliphatic rings. The SMILES string of the molecule is CNCCCNC1CCC(C)C1. The van der Waals surface area contributed by atoms with Gasteiger partial charge in [0.25, 0.3) is 0 Å². The molecule has 0 aromatic carbocycles. The summed E-state index contributed by atoms with van der Waals surface area (Å²) in [6.07, 6.45) is 5.45. The molecule has 2 N–H and O–H groups in total. The minimum absolute atomic E-state index is 0.817. The normalized spacial score (nSPS) is 29.5. The molecule has 0 aliphatic heterocycles. The van der Waals surface area contributed by atoms with E-state index in [4.69, 9.17) is 0 Å². The number of nitrogens with one attached hydrogen (secondary N) is 2. The Bertz CT molecular complexity index is 114. The third-order valence-electron chi connectivity index (χ3n) is 2.73. The number of hydrogen-bond donors (Lipinski definition) is 2. The monoisotopic (exact) mass is 170 g/mol. The molecule has 1 saturated carbocycles. The fourth-order valence-electron chi connectivity index (χ4n) is 1.96. The molecule has 0 heterocycles. The molecule has 1 fully saturated rings. The van der Waals surface area contributed by atoms with E-state index in [1.165, 1.54) is 32.2 Å². The van der Waals surface area contributed by atoms with Crippen LogP contribution in [0.4, 0.5) is 0 Å². The van der Waals surface area contributed by atoms with Crippen LogP contribution in [0.1, 0.15) is 32.6 Å². The molecule has 0 aromatic heterocycles. The first-order valence-corrected chi connectivity index (χ1v) is 5.21. The molecular weight excluding hydrogens is 148 g/mol. The van der Waals surface area contributed by atoms with Crippen LogP contribution in [0.2, 0.25) is 0 Å². The summed E-state index contributed by atoms with van der Waals surface area (Å²) >= 11 is 0. The Morgan fingerprint density at radius 1 is 1.25 bits per heavy atom. The molecule has 2 unspecified atom stereocenters. The fourth-order valence-corrected chi connectivity index (χ4v) is 1.96. The number of hydrogen-bond acceptors (Lipinski definition) is 2. The van der Waals surface area contributed by atoms with Crippen LogP contribution in [0.3, 0.4) is 0 Å². The smallest absolute Gasteiger partial charge is 0.00697 e. The van der Waals surface area contributed by atoms with Crippen molar-refractivity contribution in [3.05, 3.63) is 0 Å². The standard InChI is InChI=1S/C10H22N2/c1-9-4-5-10(8-9)12-7-3-6-11-2/h9-12H,3-8H2,1-2H3. The Labute approximate surface area is 76.1 Å². The highest BCUT2D eigenvalue weighted by atomic mass is 14.9. The van der Waals surface area contributed by atoms with Gasteiger partial charge in [-0.25, -0.2) is 0 Å². The Balaban J connectivity index is 1.93. The summed E-state index contributed by atoms with van der Waals surface area (Å²) in [7, 11) is 2.01. The van der Waals surface area contributed by atoms with E-state index < -0.39 is 0 Å². The van der Waals surface area contributed by atoms with Gasteiger partial charge in [0.05, 0.1) is 0 Å². The molecule has 1 rings (SSSR count). The number of rotatable bonds is 5. The summed E-state index contributed by atoms with van der Waals surface area (Å²) in [5, 5.41) is 6.77.